The van der Waals surface area contributed by atoms with Crippen molar-refractivity contribution in [2.75, 3.05) is 7.11 Å². The van der Waals surface area contributed by atoms with Gasteiger partial charge in [0.15, 0.2) is 0 Å². The Labute approximate surface area is 197 Å². The van der Waals surface area contributed by atoms with Gasteiger partial charge >= 0.3 is 5.97 Å². The average molecular weight is 458 g/mol. The molecule has 4 aromatic rings. The number of aromatic nitrogens is 1. The summed E-state index contributed by atoms with van der Waals surface area (Å²) in [7, 11) is 1.65. The standard InChI is InChI=1S/C28H24ClNO3/c1-3-22(19-13-15-21(33-2)16-14-19)26(20-11-8-18(9-12-20)10-17-25(31)32)28-27(29)23-6-4-5-7-24(23)30-28/h4-17,30H,3H2,1-2H3,(H,31,32)/b17-10+,26-22+. The number of allylic oxidation sites excluding steroid dienone is 1. The lowest BCUT2D eigenvalue weighted by Gasteiger charge is -2.16. The number of carbonyl (C=O) groups is 1. The lowest BCUT2D eigenvalue weighted by Crippen LogP contribution is -1.96. The average Bonchev–Trinajstić information content (AvgIpc) is 3.17. The highest BCUT2D eigenvalue weighted by molar-refractivity contribution is 6.38. The minimum atomic E-state index is -0.975. The van der Waals surface area contributed by atoms with Crippen LogP contribution in [0.25, 0.3) is 28.1 Å². The minimum absolute atomic E-state index is 0.676. The van der Waals surface area contributed by atoms with Crippen molar-refractivity contribution in [3.05, 3.63) is 106 Å². The first-order valence-electron chi connectivity index (χ1n) is 10.7. The molecule has 0 aliphatic heterocycles. The number of hydrogen-bond donors (Lipinski definition) is 2. The minimum Gasteiger partial charge on any atom is -0.497 e. The number of carboxylic acids is 1. The van der Waals surface area contributed by atoms with Crippen LogP contribution in [0.4, 0.5) is 0 Å². The molecule has 2 N–H and O–H groups in total. The van der Waals surface area contributed by atoms with Crippen LogP contribution < -0.4 is 4.74 Å². The highest BCUT2D eigenvalue weighted by Crippen LogP contribution is 2.40. The van der Waals surface area contributed by atoms with Gasteiger partial charge in [0.25, 0.3) is 0 Å². The first-order chi connectivity index (χ1) is 16.0. The van der Waals surface area contributed by atoms with E-state index in [4.69, 9.17) is 21.4 Å². The maximum atomic E-state index is 10.9. The molecule has 0 aliphatic rings. The lowest BCUT2D eigenvalue weighted by molar-refractivity contribution is -0.131. The van der Waals surface area contributed by atoms with Gasteiger partial charge in [0.1, 0.15) is 5.75 Å². The van der Waals surface area contributed by atoms with Crippen LogP contribution in [0.15, 0.2) is 78.9 Å². The van der Waals surface area contributed by atoms with E-state index in [-0.39, 0.29) is 0 Å². The fourth-order valence-corrected chi connectivity index (χ4v) is 4.30. The van der Waals surface area contributed by atoms with E-state index in [1.165, 1.54) is 0 Å². The molecule has 0 radical (unpaired) electrons. The molecule has 3 aromatic carbocycles. The number of fused-ring (bicyclic) bond motifs is 1. The Morgan fingerprint density at radius 1 is 1.00 bits per heavy atom. The molecule has 0 amide bonds. The zero-order valence-electron chi connectivity index (χ0n) is 18.4. The highest BCUT2D eigenvalue weighted by Gasteiger charge is 2.19. The molecule has 4 nitrogen and oxygen atoms in total. The summed E-state index contributed by atoms with van der Waals surface area (Å²) in [6, 6.07) is 23.8. The number of nitrogens with one attached hydrogen (secondary N) is 1. The normalized spacial score (nSPS) is 12.2. The lowest BCUT2D eigenvalue weighted by atomic mass is 9.90. The number of para-hydroxylation sites is 1. The zero-order chi connectivity index (χ0) is 23.4. The summed E-state index contributed by atoms with van der Waals surface area (Å²) in [5, 5.41) is 10.6. The number of rotatable bonds is 7. The van der Waals surface area contributed by atoms with Gasteiger partial charge in [-0.05, 0) is 53.0 Å². The van der Waals surface area contributed by atoms with Gasteiger partial charge in [-0.2, -0.15) is 0 Å². The van der Waals surface area contributed by atoms with Crippen molar-refractivity contribution in [1.82, 2.24) is 4.98 Å². The number of aromatic amines is 1. The first-order valence-corrected chi connectivity index (χ1v) is 11.0. The van der Waals surface area contributed by atoms with E-state index in [9.17, 15) is 4.79 Å². The smallest absolute Gasteiger partial charge is 0.328 e. The monoisotopic (exact) mass is 457 g/mol. The Balaban J connectivity index is 1.94. The quantitative estimate of drug-likeness (QED) is 0.226. The van der Waals surface area contributed by atoms with E-state index in [2.05, 4.69) is 24.0 Å². The van der Waals surface area contributed by atoms with Crippen LogP contribution in [0.5, 0.6) is 5.75 Å². The van der Waals surface area contributed by atoms with Gasteiger partial charge < -0.3 is 14.8 Å². The van der Waals surface area contributed by atoms with E-state index in [0.717, 1.165) is 62.7 Å². The van der Waals surface area contributed by atoms with E-state index in [1.807, 2.05) is 60.7 Å². The van der Waals surface area contributed by atoms with Gasteiger partial charge in [0.2, 0.25) is 0 Å². The summed E-state index contributed by atoms with van der Waals surface area (Å²) in [5.41, 5.74) is 6.87. The van der Waals surface area contributed by atoms with Crippen LogP contribution in [0.2, 0.25) is 5.02 Å². The van der Waals surface area contributed by atoms with Gasteiger partial charge in [-0.25, -0.2) is 4.79 Å². The van der Waals surface area contributed by atoms with Crippen molar-refractivity contribution >= 4 is 45.7 Å². The molecule has 1 aromatic heterocycles. The second-order valence-corrected chi connectivity index (χ2v) is 7.97. The van der Waals surface area contributed by atoms with Crippen molar-refractivity contribution in [3.63, 3.8) is 0 Å². The molecule has 1 heterocycles. The SMILES string of the molecule is CC/C(=C(/c1ccc(/C=C/C(=O)O)cc1)c1[nH]c2ccccc2c1Cl)c1ccc(OC)cc1. The maximum Gasteiger partial charge on any atom is 0.328 e. The second-order valence-electron chi connectivity index (χ2n) is 7.59. The van der Waals surface area contributed by atoms with Crippen LogP contribution in [0, 0.1) is 0 Å². The Hall–Kier alpha value is -3.76. The van der Waals surface area contributed by atoms with E-state index in [1.54, 1.807) is 13.2 Å². The largest absolute Gasteiger partial charge is 0.497 e. The van der Waals surface area contributed by atoms with Crippen LogP contribution in [0.1, 0.15) is 35.7 Å². The fourth-order valence-electron chi connectivity index (χ4n) is 4.00. The molecule has 0 aliphatic carbocycles. The third-order valence-corrected chi connectivity index (χ3v) is 6.00. The zero-order valence-corrected chi connectivity index (χ0v) is 19.2. The number of halogens is 1. The number of ether oxygens (including phenoxy) is 1. The Morgan fingerprint density at radius 3 is 2.27 bits per heavy atom. The van der Waals surface area contributed by atoms with Crippen molar-refractivity contribution in [3.8, 4) is 5.75 Å². The molecule has 0 spiro atoms. The number of H-pyrrole nitrogens is 1. The molecular weight excluding hydrogens is 434 g/mol. The van der Waals surface area contributed by atoms with Crippen molar-refractivity contribution < 1.29 is 14.6 Å². The topological polar surface area (TPSA) is 62.3 Å². The highest BCUT2D eigenvalue weighted by atomic mass is 35.5. The predicted molar refractivity (Wildman–Crippen MR) is 136 cm³/mol. The molecule has 33 heavy (non-hydrogen) atoms. The van der Waals surface area contributed by atoms with Crippen molar-refractivity contribution in [2.24, 2.45) is 0 Å². The first kappa shape index (κ1) is 22.4. The second kappa shape index (κ2) is 9.80. The third kappa shape index (κ3) is 4.71. The molecule has 4 rings (SSSR count). The number of methoxy groups -OCH3 is 1. The molecule has 0 bridgehead atoms. The maximum absolute atomic E-state index is 10.9. The van der Waals surface area contributed by atoms with Gasteiger partial charge in [-0.3, -0.25) is 0 Å². The fraction of sp³-hybridized carbons (Fsp3) is 0.107. The Kier molecular flexibility index (Phi) is 6.66. The van der Waals surface area contributed by atoms with E-state index in [0.29, 0.717) is 5.02 Å². The number of aliphatic carboxylic acids is 1. The van der Waals surface area contributed by atoms with Gasteiger partial charge in [-0.15, -0.1) is 0 Å². The summed E-state index contributed by atoms with van der Waals surface area (Å²) in [6.07, 6.45) is 3.50. The van der Waals surface area contributed by atoms with Crippen molar-refractivity contribution in [1.29, 1.82) is 0 Å². The summed E-state index contributed by atoms with van der Waals surface area (Å²) in [5.74, 6) is -0.175. The number of carboxylic acid groups (broad SMARTS) is 1. The summed E-state index contributed by atoms with van der Waals surface area (Å²) >= 11 is 6.89. The molecule has 5 heteroatoms. The molecule has 166 valence electrons. The molecule has 0 fully saturated rings. The molecular formula is C28H24ClNO3. The predicted octanol–water partition coefficient (Wildman–Crippen LogP) is 7.30. The van der Waals surface area contributed by atoms with Crippen molar-refractivity contribution in [2.45, 2.75) is 13.3 Å². The Bertz CT molecular complexity index is 1350. The van der Waals surface area contributed by atoms with Crippen LogP contribution >= 0.6 is 11.6 Å². The van der Waals surface area contributed by atoms with E-state index >= 15 is 0 Å². The molecule has 0 saturated heterocycles. The van der Waals surface area contributed by atoms with Gasteiger partial charge in [0, 0.05) is 22.6 Å². The van der Waals surface area contributed by atoms with Gasteiger partial charge in [-0.1, -0.05) is 73.1 Å². The van der Waals surface area contributed by atoms with Crippen LogP contribution in [0.3, 0.4) is 0 Å². The summed E-state index contributed by atoms with van der Waals surface area (Å²) in [4.78, 5) is 14.4. The molecule has 0 atom stereocenters. The van der Waals surface area contributed by atoms with E-state index < -0.39 is 5.97 Å². The van der Waals surface area contributed by atoms with Crippen LogP contribution in [-0.2, 0) is 4.79 Å². The number of hydrogen-bond acceptors (Lipinski definition) is 2. The summed E-state index contributed by atoms with van der Waals surface area (Å²) < 4.78 is 5.33. The molecule has 0 saturated carbocycles. The van der Waals surface area contributed by atoms with Crippen LogP contribution in [-0.4, -0.2) is 23.2 Å². The molecule has 0 unspecified atom stereocenters. The third-order valence-electron chi connectivity index (χ3n) is 5.60. The van der Waals surface area contributed by atoms with Gasteiger partial charge in [0.05, 0.1) is 17.8 Å². The Morgan fingerprint density at radius 2 is 1.67 bits per heavy atom. The summed E-state index contributed by atoms with van der Waals surface area (Å²) in [6.45, 7) is 2.13. The number of benzene rings is 3.